The number of anilines is 1. The highest BCUT2D eigenvalue weighted by atomic mass is 35.5. The summed E-state index contributed by atoms with van der Waals surface area (Å²) in [7, 11) is -2.54. The van der Waals surface area contributed by atoms with Gasteiger partial charge in [-0.2, -0.15) is 0 Å². The lowest BCUT2D eigenvalue weighted by Gasteiger charge is -2.27. The standard InChI is InChI=1S/C25H31ClN6O5SSi/c1-35-19-8-6-9-20(36-2)23(19)32-24(21-10-7-13-37-21)29-30-25(32)31(12-15-39(3,4)5)38(33,34)14-11-22-27-16-18(26)17-28-22/h6-10,13,16-17H,11-12,14-15H2,1-5H3. The lowest BCUT2D eigenvalue weighted by atomic mass is 10.2. The molecule has 11 nitrogen and oxygen atoms in total. The summed E-state index contributed by atoms with van der Waals surface area (Å²) in [6.45, 7) is 6.76. The van der Waals surface area contributed by atoms with Crippen LogP contribution in [0.4, 0.5) is 5.95 Å². The summed E-state index contributed by atoms with van der Waals surface area (Å²) in [4.78, 5) is 8.30. The van der Waals surface area contributed by atoms with Gasteiger partial charge in [0.1, 0.15) is 23.0 Å². The van der Waals surface area contributed by atoms with Crippen molar-refractivity contribution < 1.29 is 22.3 Å². The number of aromatic nitrogens is 5. The van der Waals surface area contributed by atoms with Crippen LogP contribution < -0.4 is 13.8 Å². The van der Waals surface area contributed by atoms with Crippen molar-refractivity contribution in [1.29, 1.82) is 0 Å². The molecule has 0 bridgehead atoms. The van der Waals surface area contributed by atoms with Crippen LogP contribution in [-0.4, -0.2) is 67.7 Å². The van der Waals surface area contributed by atoms with Crippen LogP contribution in [0.3, 0.4) is 0 Å². The molecule has 3 aromatic heterocycles. The van der Waals surface area contributed by atoms with Crippen LogP contribution in [0.1, 0.15) is 5.82 Å². The maximum Gasteiger partial charge on any atom is 0.246 e. The van der Waals surface area contributed by atoms with Gasteiger partial charge in [-0.3, -0.25) is 4.57 Å². The molecular weight excluding hydrogens is 560 g/mol. The van der Waals surface area contributed by atoms with Gasteiger partial charge in [-0.25, -0.2) is 22.7 Å². The Labute approximate surface area is 233 Å². The molecule has 0 saturated carbocycles. The van der Waals surface area contributed by atoms with Crippen molar-refractivity contribution in [2.24, 2.45) is 0 Å². The fourth-order valence-electron chi connectivity index (χ4n) is 3.86. The molecule has 0 N–H and O–H groups in total. The predicted molar refractivity (Wildman–Crippen MR) is 152 cm³/mol. The van der Waals surface area contributed by atoms with Crippen molar-refractivity contribution in [3.05, 3.63) is 59.8 Å². The Morgan fingerprint density at radius 3 is 2.26 bits per heavy atom. The topological polar surface area (TPSA) is 125 Å². The number of aryl methyl sites for hydroxylation is 1. The molecule has 14 heteroatoms. The van der Waals surface area contributed by atoms with E-state index in [0.717, 1.165) is 0 Å². The molecule has 3 heterocycles. The fourth-order valence-corrected chi connectivity index (χ4v) is 6.41. The summed E-state index contributed by atoms with van der Waals surface area (Å²) in [5.41, 5.74) is 0.447. The van der Waals surface area contributed by atoms with Gasteiger partial charge in [-0.15, -0.1) is 10.2 Å². The van der Waals surface area contributed by atoms with Crippen LogP contribution in [0.15, 0.2) is 53.4 Å². The summed E-state index contributed by atoms with van der Waals surface area (Å²) in [6.07, 6.45) is 4.50. The molecule has 0 saturated heterocycles. The monoisotopic (exact) mass is 590 g/mol. The van der Waals surface area contributed by atoms with Gasteiger partial charge < -0.3 is 13.9 Å². The zero-order valence-corrected chi connectivity index (χ0v) is 25.0. The zero-order chi connectivity index (χ0) is 28.2. The number of benzene rings is 1. The number of para-hydroxylation sites is 1. The zero-order valence-electron chi connectivity index (χ0n) is 22.5. The summed E-state index contributed by atoms with van der Waals surface area (Å²) in [6, 6.07) is 9.43. The number of methoxy groups -OCH3 is 2. The second kappa shape index (κ2) is 11.8. The number of hydrogen-bond donors (Lipinski definition) is 0. The van der Waals surface area contributed by atoms with Crippen molar-refractivity contribution in [2.75, 3.05) is 30.8 Å². The maximum absolute atomic E-state index is 14.0. The molecule has 0 fully saturated rings. The van der Waals surface area contributed by atoms with Crippen LogP contribution in [0.25, 0.3) is 17.3 Å². The number of rotatable bonds is 12. The molecule has 0 amide bonds. The molecule has 0 atom stereocenters. The molecule has 0 aliphatic carbocycles. The molecule has 39 heavy (non-hydrogen) atoms. The van der Waals surface area contributed by atoms with Crippen LogP contribution in [0.5, 0.6) is 11.5 Å². The third-order valence-corrected chi connectivity index (χ3v) is 9.55. The van der Waals surface area contributed by atoms with E-state index in [2.05, 4.69) is 39.8 Å². The van der Waals surface area contributed by atoms with Gasteiger partial charge in [-0.1, -0.05) is 37.3 Å². The molecule has 4 aromatic rings. The number of hydrogen-bond acceptors (Lipinski definition) is 9. The van der Waals surface area contributed by atoms with Crippen molar-refractivity contribution in [2.45, 2.75) is 32.1 Å². The SMILES string of the molecule is COc1cccc(OC)c1-n1c(-c2ccco2)nnc1N(CC[Si](C)(C)C)S(=O)(=O)CCc1ncc(Cl)cn1. The normalized spacial score (nSPS) is 11.9. The Morgan fingerprint density at radius 2 is 1.69 bits per heavy atom. The highest BCUT2D eigenvalue weighted by molar-refractivity contribution is 7.92. The smallest absolute Gasteiger partial charge is 0.246 e. The second-order valence-electron chi connectivity index (χ2n) is 9.91. The Kier molecular flexibility index (Phi) is 8.62. The van der Waals surface area contributed by atoms with E-state index in [4.69, 9.17) is 25.5 Å². The lowest BCUT2D eigenvalue weighted by Crippen LogP contribution is -2.39. The number of halogens is 1. The van der Waals surface area contributed by atoms with Gasteiger partial charge in [0.05, 0.1) is 31.3 Å². The van der Waals surface area contributed by atoms with E-state index in [9.17, 15) is 8.42 Å². The second-order valence-corrected chi connectivity index (χ2v) is 18.0. The first-order valence-electron chi connectivity index (χ1n) is 12.2. The number of nitrogens with zero attached hydrogens (tertiary/aromatic N) is 6. The Balaban J connectivity index is 1.88. The van der Waals surface area contributed by atoms with E-state index in [1.807, 2.05) is 0 Å². The molecule has 0 spiro atoms. The van der Waals surface area contributed by atoms with E-state index in [-0.39, 0.29) is 24.7 Å². The third kappa shape index (κ3) is 6.60. The molecule has 0 radical (unpaired) electrons. The summed E-state index contributed by atoms with van der Waals surface area (Å²) in [5, 5.41) is 9.13. The molecule has 0 aliphatic heterocycles. The van der Waals surface area contributed by atoms with E-state index >= 15 is 0 Å². The van der Waals surface area contributed by atoms with Gasteiger partial charge >= 0.3 is 0 Å². The first-order chi connectivity index (χ1) is 18.5. The van der Waals surface area contributed by atoms with Crippen LogP contribution in [0, 0.1) is 0 Å². The van der Waals surface area contributed by atoms with E-state index in [1.165, 1.54) is 37.2 Å². The van der Waals surface area contributed by atoms with Gasteiger partial charge in [0, 0.05) is 33.4 Å². The minimum absolute atomic E-state index is 0.0967. The Hall–Kier alpha value is -3.42. The molecule has 1 aromatic carbocycles. The average molecular weight is 591 g/mol. The average Bonchev–Trinajstić information content (AvgIpc) is 3.57. The maximum atomic E-state index is 14.0. The summed E-state index contributed by atoms with van der Waals surface area (Å²) in [5.74, 6) is 1.81. The van der Waals surface area contributed by atoms with Crippen molar-refractivity contribution in [3.63, 3.8) is 0 Å². The first kappa shape index (κ1) is 28.6. The number of sulfonamides is 1. The van der Waals surface area contributed by atoms with Crippen molar-refractivity contribution in [3.8, 4) is 28.8 Å². The highest BCUT2D eigenvalue weighted by Crippen LogP contribution is 2.39. The molecule has 4 rings (SSSR count). The van der Waals surface area contributed by atoms with Crippen LogP contribution in [-0.2, 0) is 16.4 Å². The van der Waals surface area contributed by atoms with E-state index < -0.39 is 18.1 Å². The summed E-state index contributed by atoms with van der Waals surface area (Å²) < 4.78 is 47.8. The van der Waals surface area contributed by atoms with Crippen molar-refractivity contribution >= 4 is 35.6 Å². The minimum Gasteiger partial charge on any atom is -0.494 e. The highest BCUT2D eigenvalue weighted by Gasteiger charge is 2.33. The van der Waals surface area contributed by atoms with Crippen LogP contribution >= 0.6 is 11.6 Å². The van der Waals surface area contributed by atoms with Gasteiger partial charge in [-0.05, 0) is 30.3 Å². The number of furan rings is 1. The van der Waals surface area contributed by atoms with Crippen LogP contribution in [0.2, 0.25) is 30.7 Å². The minimum atomic E-state index is -3.92. The number of ether oxygens (including phenoxy) is 2. The van der Waals surface area contributed by atoms with Gasteiger partial charge in [0.15, 0.2) is 5.76 Å². The van der Waals surface area contributed by atoms with Gasteiger partial charge in [0.2, 0.25) is 21.8 Å². The molecular formula is C25H31ClN6O5SSi. The summed E-state index contributed by atoms with van der Waals surface area (Å²) >= 11 is 5.89. The predicted octanol–water partition coefficient (Wildman–Crippen LogP) is 4.71. The first-order valence-corrected chi connectivity index (χ1v) is 17.9. The molecule has 0 aliphatic rings. The molecule has 208 valence electrons. The van der Waals surface area contributed by atoms with Crippen molar-refractivity contribution in [1.82, 2.24) is 24.7 Å². The van der Waals surface area contributed by atoms with E-state index in [0.29, 0.717) is 45.7 Å². The largest absolute Gasteiger partial charge is 0.494 e. The fraction of sp³-hybridized carbons (Fsp3) is 0.360. The lowest BCUT2D eigenvalue weighted by molar-refractivity contribution is 0.391. The quantitative estimate of drug-likeness (QED) is 0.216. The third-order valence-electron chi connectivity index (χ3n) is 5.89. The Bertz CT molecular complexity index is 1480. The van der Waals surface area contributed by atoms with Gasteiger partial charge in [0.25, 0.3) is 0 Å². The Morgan fingerprint density at radius 1 is 1.03 bits per heavy atom. The van der Waals surface area contributed by atoms with E-state index in [1.54, 1.807) is 34.9 Å². The molecule has 0 unspecified atom stereocenters.